The standard InChI is InChI=1S/C39H51ClN2O9S/c40-32-13-12-28(52-20-6-9-36(47)42(18-4-1-5-19-43)23-33(45)37(48)38(49)34(46)24-44)21-26(32)25-50-39(15-16-39)31-22-41-17-14-29(31)30-7-2-3-8-35(30)51-27-10-11-27/h2-3,7-8,12-14,17,21-22,27,33-34,37-38,43-46,48-49H,1,4-6,9-11,15-16,18-20,23-25H2. The van der Waals surface area contributed by atoms with Gasteiger partial charge in [-0.25, -0.2) is 0 Å². The van der Waals surface area contributed by atoms with Crippen LogP contribution >= 0.6 is 23.4 Å². The Hall–Kier alpha value is -2.78. The molecule has 52 heavy (non-hydrogen) atoms. The van der Waals surface area contributed by atoms with Gasteiger partial charge in [0.25, 0.3) is 0 Å². The number of para-hydroxylation sites is 1. The predicted octanol–water partition coefficient (Wildman–Crippen LogP) is 4.45. The van der Waals surface area contributed by atoms with Gasteiger partial charge in [-0.2, -0.15) is 0 Å². The molecule has 6 N–H and O–H groups in total. The zero-order chi connectivity index (χ0) is 37.1. The van der Waals surface area contributed by atoms with Crippen LogP contribution in [-0.2, 0) is 21.7 Å². The third kappa shape index (κ3) is 11.1. The monoisotopic (exact) mass is 758 g/mol. The average molecular weight is 759 g/mol. The highest BCUT2D eigenvalue weighted by Crippen LogP contribution is 2.53. The van der Waals surface area contributed by atoms with E-state index in [1.807, 2.05) is 48.7 Å². The van der Waals surface area contributed by atoms with E-state index in [1.165, 1.54) is 4.90 Å². The number of thioether (sulfide) groups is 1. The number of aliphatic hydroxyl groups is 6. The topological polar surface area (TPSA) is 173 Å². The fourth-order valence-electron chi connectivity index (χ4n) is 6.10. The second kappa shape index (κ2) is 19.5. The van der Waals surface area contributed by atoms with E-state index < -0.39 is 36.6 Å². The van der Waals surface area contributed by atoms with Crippen molar-refractivity contribution in [2.45, 2.75) is 105 Å². The molecule has 3 aromatic rings. The molecule has 2 aliphatic rings. The molecule has 11 nitrogen and oxygen atoms in total. The lowest BCUT2D eigenvalue weighted by Gasteiger charge is -2.30. The number of amides is 1. The second-order valence-electron chi connectivity index (χ2n) is 13.6. The van der Waals surface area contributed by atoms with Crippen molar-refractivity contribution in [3.8, 4) is 16.9 Å². The zero-order valence-electron chi connectivity index (χ0n) is 29.4. The SMILES string of the molecule is O=C(CCCSc1ccc(Cl)c(COC2(c3cnccc3-c3ccccc3OC3CC3)CC2)c1)N(CCCCCO)CC(O)C(O)C(O)C(O)CO. The van der Waals surface area contributed by atoms with Crippen LogP contribution in [0.5, 0.6) is 5.75 Å². The first kappa shape index (κ1) is 40.4. The summed E-state index contributed by atoms with van der Waals surface area (Å²) in [6, 6.07) is 16.0. The van der Waals surface area contributed by atoms with Gasteiger partial charge in [0.15, 0.2) is 0 Å². The number of rotatable bonds is 23. The van der Waals surface area contributed by atoms with E-state index in [0.717, 1.165) is 58.6 Å². The van der Waals surface area contributed by atoms with Gasteiger partial charge in [-0.05, 0) is 98.6 Å². The Morgan fingerprint density at radius 3 is 2.46 bits per heavy atom. The highest BCUT2D eigenvalue weighted by Gasteiger charge is 2.48. The summed E-state index contributed by atoms with van der Waals surface area (Å²) in [6.07, 6.45) is 3.80. The first-order valence-electron chi connectivity index (χ1n) is 18.1. The maximum Gasteiger partial charge on any atom is 0.222 e. The molecule has 2 aromatic carbocycles. The number of nitrogens with zero attached hydrogens (tertiary/aromatic N) is 2. The summed E-state index contributed by atoms with van der Waals surface area (Å²) in [5, 5.41) is 59.3. The van der Waals surface area contributed by atoms with Crippen LogP contribution in [0.4, 0.5) is 0 Å². The van der Waals surface area contributed by atoms with E-state index in [-0.39, 0.29) is 31.6 Å². The largest absolute Gasteiger partial charge is 0.490 e. The van der Waals surface area contributed by atoms with Gasteiger partial charge in [0.05, 0.1) is 24.9 Å². The summed E-state index contributed by atoms with van der Waals surface area (Å²) in [4.78, 5) is 20.1. The molecule has 13 heteroatoms. The smallest absolute Gasteiger partial charge is 0.222 e. The number of unbranched alkanes of at least 4 members (excludes halogenated alkanes) is 2. The molecule has 0 aliphatic heterocycles. The van der Waals surface area contributed by atoms with E-state index in [4.69, 9.17) is 31.3 Å². The molecule has 4 unspecified atom stereocenters. The van der Waals surface area contributed by atoms with Crippen molar-refractivity contribution < 1.29 is 44.9 Å². The lowest BCUT2D eigenvalue weighted by atomic mass is 9.96. The summed E-state index contributed by atoms with van der Waals surface area (Å²) >= 11 is 8.24. The fraction of sp³-hybridized carbons (Fsp3) is 0.538. The van der Waals surface area contributed by atoms with E-state index in [9.17, 15) is 25.2 Å². The van der Waals surface area contributed by atoms with E-state index in [1.54, 1.807) is 18.0 Å². The van der Waals surface area contributed by atoms with Crippen LogP contribution in [-0.4, -0.2) is 109 Å². The molecule has 1 heterocycles. The number of aromatic nitrogens is 1. The molecule has 1 aromatic heterocycles. The molecule has 4 atom stereocenters. The minimum absolute atomic E-state index is 0.0355. The predicted molar refractivity (Wildman–Crippen MR) is 199 cm³/mol. The number of carbonyl (C=O) groups excluding carboxylic acids is 1. The minimum Gasteiger partial charge on any atom is -0.490 e. The van der Waals surface area contributed by atoms with E-state index in [0.29, 0.717) is 49.6 Å². The molecular formula is C39H51ClN2O9S. The van der Waals surface area contributed by atoms with Crippen molar-refractivity contribution >= 4 is 29.3 Å². The molecule has 2 fully saturated rings. The van der Waals surface area contributed by atoms with Crippen LogP contribution in [0.3, 0.4) is 0 Å². The normalized spacial score (nSPS) is 17.3. The van der Waals surface area contributed by atoms with Gasteiger partial charge in [0, 0.05) is 59.6 Å². The number of hydrogen-bond donors (Lipinski definition) is 6. The fourth-order valence-corrected chi connectivity index (χ4v) is 7.19. The third-order valence-corrected chi connectivity index (χ3v) is 11.0. The maximum absolute atomic E-state index is 13.2. The highest BCUT2D eigenvalue weighted by molar-refractivity contribution is 7.99. The number of carbonyl (C=O) groups is 1. The zero-order valence-corrected chi connectivity index (χ0v) is 30.9. The van der Waals surface area contributed by atoms with Gasteiger partial charge < -0.3 is 45.0 Å². The molecule has 0 spiro atoms. The Bertz CT molecular complexity index is 1590. The summed E-state index contributed by atoms with van der Waals surface area (Å²) in [5.41, 5.74) is 3.53. The number of halogens is 1. The molecule has 284 valence electrons. The molecule has 5 rings (SSSR count). The second-order valence-corrected chi connectivity index (χ2v) is 15.2. The van der Waals surface area contributed by atoms with Crippen LogP contribution in [0.1, 0.15) is 68.9 Å². The molecule has 0 saturated heterocycles. The van der Waals surface area contributed by atoms with E-state index in [2.05, 4.69) is 11.1 Å². The van der Waals surface area contributed by atoms with E-state index >= 15 is 0 Å². The molecule has 1 amide bonds. The van der Waals surface area contributed by atoms with Crippen molar-refractivity contribution in [3.63, 3.8) is 0 Å². The highest BCUT2D eigenvalue weighted by atomic mass is 35.5. The molecule has 2 aliphatic carbocycles. The third-order valence-electron chi connectivity index (χ3n) is 9.51. The first-order valence-corrected chi connectivity index (χ1v) is 19.5. The number of aliphatic hydroxyl groups excluding tert-OH is 6. The quantitative estimate of drug-likeness (QED) is 0.0596. The molecule has 0 radical (unpaired) electrons. The summed E-state index contributed by atoms with van der Waals surface area (Å²) < 4.78 is 12.9. The van der Waals surface area contributed by atoms with Gasteiger partial charge in [0.2, 0.25) is 5.91 Å². The Labute approximate surface area is 314 Å². The van der Waals surface area contributed by atoms with Gasteiger partial charge in [-0.3, -0.25) is 9.78 Å². The van der Waals surface area contributed by atoms with Crippen LogP contribution < -0.4 is 4.74 Å². The Morgan fingerprint density at radius 2 is 1.73 bits per heavy atom. The average Bonchev–Trinajstić information content (AvgIpc) is 4.11. The summed E-state index contributed by atoms with van der Waals surface area (Å²) in [5.74, 6) is 1.30. The van der Waals surface area contributed by atoms with Crippen LogP contribution in [0, 0.1) is 0 Å². The van der Waals surface area contributed by atoms with Crippen molar-refractivity contribution in [3.05, 3.63) is 77.1 Å². The van der Waals surface area contributed by atoms with Gasteiger partial charge in [-0.1, -0.05) is 29.8 Å². The van der Waals surface area contributed by atoms with Gasteiger partial charge in [0.1, 0.15) is 30.2 Å². The first-order chi connectivity index (χ1) is 25.2. The van der Waals surface area contributed by atoms with Crippen molar-refractivity contribution in [2.24, 2.45) is 0 Å². The van der Waals surface area contributed by atoms with Crippen molar-refractivity contribution in [2.75, 3.05) is 32.1 Å². The maximum atomic E-state index is 13.2. The summed E-state index contributed by atoms with van der Waals surface area (Å²) in [7, 11) is 0. The molecular weight excluding hydrogens is 708 g/mol. The number of pyridine rings is 1. The summed E-state index contributed by atoms with van der Waals surface area (Å²) in [6.45, 7) is -0.368. The lowest BCUT2D eigenvalue weighted by Crippen LogP contribution is -2.50. The van der Waals surface area contributed by atoms with Crippen molar-refractivity contribution in [1.82, 2.24) is 9.88 Å². The Balaban J connectivity index is 1.16. The number of benzene rings is 2. The number of ether oxygens (including phenoxy) is 2. The van der Waals surface area contributed by atoms with Crippen LogP contribution in [0.25, 0.3) is 11.1 Å². The van der Waals surface area contributed by atoms with Gasteiger partial charge in [-0.15, -0.1) is 11.8 Å². The Kier molecular flexibility index (Phi) is 15.2. The number of hydrogen-bond acceptors (Lipinski definition) is 11. The van der Waals surface area contributed by atoms with Crippen LogP contribution in [0.2, 0.25) is 5.02 Å². The molecule has 2 saturated carbocycles. The lowest BCUT2D eigenvalue weighted by molar-refractivity contribution is -0.139. The van der Waals surface area contributed by atoms with Crippen LogP contribution in [0.15, 0.2) is 65.8 Å². The minimum atomic E-state index is -1.77. The van der Waals surface area contributed by atoms with Gasteiger partial charge >= 0.3 is 0 Å². The Morgan fingerprint density at radius 1 is 0.962 bits per heavy atom. The van der Waals surface area contributed by atoms with Crippen molar-refractivity contribution in [1.29, 1.82) is 0 Å². The molecule has 0 bridgehead atoms.